The van der Waals surface area contributed by atoms with E-state index in [4.69, 9.17) is 4.74 Å². The van der Waals surface area contributed by atoms with Crippen molar-refractivity contribution in [1.29, 1.82) is 0 Å². The van der Waals surface area contributed by atoms with Gasteiger partial charge in [0.2, 0.25) is 0 Å². The maximum Gasteiger partial charge on any atom is 0.253 e. The number of benzene rings is 1. The van der Waals surface area contributed by atoms with Crippen molar-refractivity contribution in [2.45, 2.75) is 13.0 Å². The number of nitrogens with zero attached hydrogens (tertiary/aromatic N) is 1. The molecule has 3 rings (SSSR count). The molecule has 1 aromatic carbocycles. The van der Waals surface area contributed by atoms with Crippen LogP contribution in [0.2, 0.25) is 0 Å². The zero-order chi connectivity index (χ0) is 12.7. The first-order valence-electron chi connectivity index (χ1n) is 6.09. The van der Waals surface area contributed by atoms with Gasteiger partial charge in [0.1, 0.15) is 5.75 Å². The van der Waals surface area contributed by atoms with E-state index >= 15 is 0 Å². The summed E-state index contributed by atoms with van der Waals surface area (Å²) in [5.74, 6) is 0.829. The van der Waals surface area contributed by atoms with Crippen LogP contribution in [0.3, 0.4) is 0 Å². The van der Waals surface area contributed by atoms with Crippen LogP contribution in [0.1, 0.15) is 11.1 Å². The summed E-state index contributed by atoms with van der Waals surface area (Å²) in [6, 6.07) is 5.79. The lowest BCUT2D eigenvalue weighted by atomic mass is 9.97. The number of hydrogen-bond acceptors (Lipinski definition) is 3. The number of aromatic nitrogens is 1. The number of hydrogen-bond donors (Lipinski definition) is 1. The molecule has 1 aliphatic rings. The fraction of sp³-hybridized carbons (Fsp3) is 0.357. The highest BCUT2D eigenvalue weighted by atomic mass is 16.5. The van der Waals surface area contributed by atoms with E-state index in [0.29, 0.717) is 0 Å². The fourth-order valence-corrected chi connectivity index (χ4v) is 2.61. The van der Waals surface area contributed by atoms with E-state index in [0.717, 1.165) is 41.7 Å². The Kier molecular flexibility index (Phi) is 2.59. The van der Waals surface area contributed by atoms with Gasteiger partial charge in [-0.15, -0.1) is 0 Å². The first-order chi connectivity index (χ1) is 8.69. The molecule has 0 aliphatic carbocycles. The second-order valence-corrected chi connectivity index (χ2v) is 4.81. The SMILES string of the molecule is COc1ccc2[nH]c(=O)c3c(c2c1)CCN(C)C3. The summed E-state index contributed by atoms with van der Waals surface area (Å²) in [6.45, 7) is 1.71. The van der Waals surface area contributed by atoms with Crippen LogP contribution in [0.25, 0.3) is 10.9 Å². The standard InChI is InChI=1S/C14H16N2O2/c1-16-6-5-10-11-7-9(18-2)3-4-13(11)15-14(17)12(10)8-16/h3-4,7H,5-6,8H2,1-2H3,(H,15,17). The van der Waals surface area contributed by atoms with Crippen LogP contribution in [0.5, 0.6) is 5.75 Å². The van der Waals surface area contributed by atoms with E-state index in [1.165, 1.54) is 5.56 Å². The second-order valence-electron chi connectivity index (χ2n) is 4.81. The van der Waals surface area contributed by atoms with Gasteiger partial charge >= 0.3 is 0 Å². The Hall–Kier alpha value is -1.81. The van der Waals surface area contributed by atoms with Crippen molar-refractivity contribution in [3.63, 3.8) is 0 Å². The molecule has 0 bridgehead atoms. The molecule has 0 saturated carbocycles. The van der Waals surface area contributed by atoms with Crippen LogP contribution in [-0.2, 0) is 13.0 Å². The van der Waals surface area contributed by atoms with Gasteiger partial charge in [-0.1, -0.05) is 0 Å². The van der Waals surface area contributed by atoms with Gasteiger partial charge in [-0.3, -0.25) is 4.79 Å². The van der Waals surface area contributed by atoms with E-state index in [1.807, 2.05) is 25.2 Å². The summed E-state index contributed by atoms with van der Waals surface area (Å²) in [4.78, 5) is 17.2. The van der Waals surface area contributed by atoms with Gasteiger partial charge in [0, 0.05) is 29.6 Å². The van der Waals surface area contributed by atoms with E-state index in [2.05, 4.69) is 9.88 Å². The van der Waals surface area contributed by atoms with Gasteiger partial charge in [-0.2, -0.15) is 0 Å². The van der Waals surface area contributed by atoms with Crippen LogP contribution >= 0.6 is 0 Å². The molecule has 1 N–H and O–H groups in total. The number of methoxy groups -OCH3 is 1. The van der Waals surface area contributed by atoms with E-state index in [1.54, 1.807) is 7.11 Å². The van der Waals surface area contributed by atoms with E-state index in [9.17, 15) is 4.79 Å². The lowest BCUT2D eigenvalue weighted by Gasteiger charge is -2.25. The highest BCUT2D eigenvalue weighted by Crippen LogP contribution is 2.26. The van der Waals surface area contributed by atoms with Crippen molar-refractivity contribution in [3.05, 3.63) is 39.7 Å². The molecule has 0 radical (unpaired) electrons. The minimum atomic E-state index is 0.0363. The summed E-state index contributed by atoms with van der Waals surface area (Å²) >= 11 is 0. The summed E-state index contributed by atoms with van der Waals surface area (Å²) in [5.41, 5.74) is 2.99. The van der Waals surface area contributed by atoms with Crippen molar-refractivity contribution in [3.8, 4) is 5.75 Å². The average molecular weight is 244 g/mol. The molecule has 0 saturated heterocycles. The first kappa shape index (κ1) is 11.3. The molecule has 2 aromatic rings. The summed E-state index contributed by atoms with van der Waals surface area (Å²) in [5, 5.41) is 1.11. The van der Waals surface area contributed by atoms with Crippen LogP contribution < -0.4 is 10.3 Å². The second kappa shape index (κ2) is 4.14. The molecule has 0 unspecified atom stereocenters. The zero-order valence-electron chi connectivity index (χ0n) is 10.6. The molecule has 0 amide bonds. The van der Waals surface area contributed by atoms with Crippen molar-refractivity contribution in [2.75, 3.05) is 20.7 Å². The Morgan fingerprint density at radius 2 is 2.17 bits per heavy atom. The quantitative estimate of drug-likeness (QED) is 0.827. The lowest BCUT2D eigenvalue weighted by Crippen LogP contribution is -2.32. The van der Waals surface area contributed by atoms with Crippen molar-refractivity contribution in [2.24, 2.45) is 0 Å². The average Bonchev–Trinajstić information content (AvgIpc) is 2.39. The molecule has 18 heavy (non-hydrogen) atoms. The van der Waals surface area contributed by atoms with Gasteiger partial charge in [0.05, 0.1) is 7.11 Å². The number of H-pyrrole nitrogens is 1. The van der Waals surface area contributed by atoms with Crippen molar-refractivity contribution >= 4 is 10.9 Å². The van der Waals surface area contributed by atoms with Crippen LogP contribution in [0, 0.1) is 0 Å². The highest BCUT2D eigenvalue weighted by Gasteiger charge is 2.19. The van der Waals surface area contributed by atoms with Crippen molar-refractivity contribution < 1.29 is 4.74 Å². The third-order valence-electron chi connectivity index (χ3n) is 3.61. The zero-order valence-corrected chi connectivity index (χ0v) is 10.6. The molecule has 0 spiro atoms. The molecular formula is C14H16N2O2. The Morgan fingerprint density at radius 1 is 1.33 bits per heavy atom. The Morgan fingerprint density at radius 3 is 2.94 bits per heavy atom. The van der Waals surface area contributed by atoms with Crippen molar-refractivity contribution in [1.82, 2.24) is 9.88 Å². The minimum absolute atomic E-state index is 0.0363. The van der Waals surface area contributed by atoms with E-state index < -0.39 is 0 Å². The maximum absolute atomic E-state index is 12.1. The lowest BCUT2D eigenvalue weighted by molar-refractivity contribution is 0.312. The Labute approximate surface area is 105 Å². The first-order valence-corrected chi connectivity index (χ1v) is 6.09. The third kappa shape index (κ3) is 1.69. The highest BCUT2D eigenvalue weighted by molar-refractivity contribution is 5.84. The summed E-state index contributed by atoms with van der Waals surface area (Å²) in [7, 11) is 3.70. The molecule has 4 heteroatoms. The molecule has 1 aromatic heterocycles. The van der Waals surface area contributed by atoms with Crippen LogP contribution in [-0.4, -0.2) is 30.6 Å². The van der Waals surface area contributed by atoms with Gasteiger partial charge < -0.3 is 14.6 Å². The largest absolute Gasteiger partial charge is 0.497 e. The number of pyridine rings is 1. The predicted octanol–water partition coefficient (Wildman–Crippen LogP) is 1.52. The van der Waals surface area contributed by atoms with Gasteiger partial charge in [-0.05, 0) is 37.2 Å². The predicted molar refractivity (Wildman–Crippen MR) is 71.2 cm³/mol. The molecule has 1 aliphatic heterocycles. The van der Waals surface area contributed by atoms with E-state index in [-0.39, 0.29) is 5.56 Å². The van der Waals surface area contributed by atoms with Gasteiger partial charge in [0.25, 0.3) is 5.56 Å². The number of aromatic amines is 1. The fourth-order valence-electron chi connectivity index (χ4n) is 2.61. The molecule has 0 atom stereocenters. The summed E-state index contributed by atoms with van der Waals surface area (Å²) in [6.07, 6.45) is 0.916. The minimum Gasteiger partial charge on any atom is -0.497 e. The molecule has 94 valence electrons. The number of fused-ring (bicyclic) bond motifs is 3. The smallest absolute Gasteiger partial charge is 0.253 e. The number of ether oxygens (including phenoxy) is 1. The monoisotopic (exact) mass is 244 g/mol. The van der Waals surface area contributed by atoms with Crippen LogP contribution in [0.4, 0.5) is 0 Å². The normalized spacial score (nSPS) is 15.7. The number of rotatable bonds is 1. The molecular weight excluding hydrogens is 228 g/mol. The molecule has 2 heterocycles. The van der Waals surface area contributed by atoms with Gasteiger partial charge in [-0.25, -0.2) is 0 Å². The Balaban J connectivity index is 2.31. The Bertz CT molecular complexity index is 661. The molecule has 4 nitrogen and oxygen atoms in total. The number of likely N-dealkylation sites (N-methyl/N-ethyl adjacent to an activating group) is 1. The molecule has 0 fully saturated rings. The van der Waals surface area contributed by atoms with Gasteiger partial charge in [0.15, 0.2) is 0 Å². The third-order valence-corrected chi connectivity index (χ3v) is 3.61. The summed E-state index contributed by atoms with van der Waals surface area (Å²) < 4.78 is 5.26. The topological polar surface area (TPSA) is 45.3 Å². The number of nitrogens with one attached hydrogen (secondary N) is 1. The van der Waals surface area contributed by atoms with Crippen LogP contribution in [0.15, 0.2) is 23.0 Å². The maximum atomic E-state index is 12.1.